The number of halogens is 1. The fourth-order valence-corrected chi connectivity index (χ4v) is 3.99. The van der Waals surface area contributed by atoms with E-state index in [1.54, 1.807) is 7.11 Å². The Kier molecular flexibility index (Phi) is 11.4. The van der Waals surface area contributed by atoms with Crippen LogP contribution in [0.25, 0.3) is 0 Å². The number of ether oxygens (including phenoxy) is 2. The second-order valence-electron chi connectivity index (χ2n) is 7.77. The molecule has 2 fully saturated rings. The van der Waals surface area contributed by atoms with E-state index in [0.717, 1.165) is 58.1 Å². The Labute approximate surface area is 175 Å². The zero-order valence-electron chi connectivity index (χ0n) is 16.5. The monoisotopic (exact) mass is 483 g/mol. The number of aliphatic hydroxyl groups is 1. The molecule has 0 atom stereocenters. The van der Waals surface area contributed by atoms with Gasteiger partial charge < -0.3 is 25.2 Å². The summed E-state index contributed by atoms with van der Waals surface area (Å²) < 4.78 is 10.8. The maximum atomic E-state index is 9.85. The third-order valence-corrected chi connectivity index (χ3v) is 5.94. The molecule has 154 valence electrons. The molecule has 0 bridgehead atoms. The Morgan fingerprint density at radius 2 is 1.81 bits per heavy atom. The molecule has 1 saturated heterocycles. The third kappa shape index (κ3) is 7.13. The van der Waals surface area contributed by atoms with Crippen molar-refractivity contribution < 1.29 is 14.6 Å². The van der Waals surface area contributed by atoms with Crippen LogP contribution in [0.4, 0.5) is 0 Å². The fraction of sp³-hybridized carbons (Fsp3) is 0.947. The largest absolute Gasteiger partial charge is 0.396 e. The molecule has 0 aromatic heterocycles. The van der Waals surface area contributed by atoms with Crippen LogP contribution in [0.2, 0.25) is 0 Å². The van der Waals surface area contributed by atoms with Gasteiger partial charge in [-0.2, -0.15) is 0 Å². The van der Waals surface area contributed by atoms with Gasteiger partial charge in [0.15, 0.2) is 5.96 Å². The van der Waals surface area contributed by atoms with Gasteiger partial charge in [-0.15, -0.1) is 24.0 Å². The molecular weight excluding hydrogens is 445 g/mol. The highest BCUT2D eigenvalue weighted by atomic mass is 127. The van der Waals surface area contributed by atoms with E-state index >= 15 is 0 Å². The van der Waals surface area contributed by atoms with Crippen molar-refractivity contribution >= 4 is 29.9 Å². The molecule has 3 N–H and O–H groups in total. The average molecular weight is 483 g/mol. The standard InChI is InChI=1S/C19H37N3O3.HI/c1-3-20-17(22-15-19(16-23)9-12-25-13-10-19)21-14-18(8-11-24-2)6-4-5-7-18;/h23H,3-16H2,1-2H3,(H2,20,21,22);1H. The predicted molar refractivity (Wildman–Crippen MR) is 116 cm³/mol. The zero-order valence-corrected chi connectivity index (χ0v) is 18.8. The number of rotatable bonds is 9. The van der Waals surface area contributed by atoms with Gasteiger partial charge in [-0.1, -0.05) is 12.8 Å². The fourth-order valence-electron chi connectivity index (χ4n) is 3.99. The van der Waals surface area contributed by atoms with Gasteiger partial charge in [0.2, 0.25) is 0 Å². The van der Waals surface area contributed by atoms with Crippen LogP contribution in [0, 0.1) is 10.8 Å². The molecule has 0 spiro atoms. The molecule has 1 saturated carbocycles. The van der Waals surface area contributed by atoms with Gasteiger partial charge in [0, 0.05) is 45.4 Å². The van der Waals surface area contributed by atoms with E-state index in [4.69, 9.17) is 14.5 Å². The van der Waals surface area contributed by atoms with E-state index < -0.39 is 0 Å². The van der Waals surface area contributed by atoms with Crippen LogP contribution in [-0.4, -0.2) is 64.2 Å². The van der Waals surface area contributed by atoms with Crippen LogP contribution in [0.15, 0.2) is 4.99 Å². The first-order valence-corrected chi connectivity index (χ1v) is 9.87. The molecular formula is C19H38IN3O3. The molecule has 7 heteroatoms. The number of aliphatic imine (C=N–C) groups is 1. The van der Waals surface area contributed by atoms with Crippen molar-refractivity contribution in [1.82, 2.24) is 10.6 Å². The molecule has 26 heavy (non-hydrogen) atoms. The summed E-state index contributed by atoms with van der Waals surface area (Å²) in [6, 6.07) is 0. The Hall–Kier alpha value is -0.120. The Morgan fingerprint density at radius 3 is 2.38 bits per heavy atom. The van der Waals surface area contributed by atoms with Crippen molar-refractivity contribution in [3.63, 3.8) is 0 Å². The number of nitrogens with zero attached hydrogens (tertiary/aromatic N) is 1. The van der Waals surface area contributed by atoms with Crippen molar-refractivity contribution in [3.05, 3.63) is 0 Å². The molecule has 1 aliphatic carbocycles. The van der Waals surface area contributed by atoms with Crippen molar-refractivity contribution in [2.75, 3.05) is 53.2 Å². The number of aliphatic hydroxyl groups excluding tert-OH is 1. The second-order valence-corrected chi connectivity index (χ2v) is 7.77. The Balaban J connectivity index is 0.00000338. The predicted octanol–water partition coefficient (Wildman–Crippen LogP) is 2.55. The summed E-state index contributed by atoms with van der Waals surface area (Å²) in [6.07, 6.45) is 8.02. The molecule has 0 aromatic carbocycles. The Morgan fingerprint density at radius 1 is 1.12 bits per heavy atom. The summed E-state index contributed by atoms with van der Waals surface area (Å²) >= 11 is 0. The van der Waals surface area contributed by atoms with Crippen molar-refractivity contribution in [3.8, 4) is 0 Å². The van der Waals surface area contributed by atoms with Crippen LogP contribution in [0.1, 0.15) is 51.9 Å². The maximum absolute atomic E-state index is 9.85. The average Bonchev–Trinajstić information content (AvgIpc) is 3.12. The van der Waals surface area contributed by atoms with Gasteiger partial charge in [0.1, 0.15) is 0 Å². The SMILES string of the molecule is CCNC(=NCC1(CO)CCOCC1)NCC1(CCOC)CCCC1.I. The quantitative estimate of drug-likeness (QED) is 0.267. The number of guanidine groups is 1. The summed E-state index contributed by atoms with van der Waals surface area (Å²) in [6.45, 7) is 6.96. The molecule has 0 aromatic rings. The summed E-state index contributed by atoms with van der Waals surface area (Å²) in [5.41, 5.74) is 0.210. The van der Waals surface area contributed by atoms with Crippen LogP contribution >= 0.6 is 24.0 Å². The lowest BCUT2D eigenvalue weighted by atomic mass is 9.81. The van der Waals surface area contributed by atoms with Gasteiger partial charge in [0.25, 0.3) is 0 Å². The topological polar surface area (TPSA) is 75.1 Å². The number of hydrogen-bond acceptors (Lipinski definition) is 4. The summed E-state index contributed by atoms with van der Waals surface area (Å²) in [5.74, 6) is 0.866. The molecule has 2 aliphatic rings. The van der Waals surface area contributed by atoms with E-state index in [1.807, 2.05) is 0 Å². The van der Waals surface area contributed by atoms with E-state index in [9.17, 15) is 5.11 Å². The number of hydrogen-bond donors (Lipinski definition) is 3. The summed E-state index contributed by atoms with van der Waals surface area (Å²) in [4.78, 5) is 4.80. The van der Waals surface area contributed by atoms with Crippen LogP contribution in [0.3, 0.4) is 0 Å². The third-order valence-electron chi connectivity index (χ3n) is 5.94. The van der Waals surface area contributed by atoms with Crippen LogP contribution < -0.4 is 10.6 Å². The maximum Gasteiger partial charge on any atom is 0.191 e. The number of methoxy groups -OCH3 is 1. The number of nitrogens with one attached hydrogen (secondary N) is 2. The normalized spacial score (nSPS) is 21.9. The molecule has 0 unspecified atom stereocenters. The van der Waals surface area contributed by atoms with Crippen molar-refractivity contribution in [2.45, 2.75) is 51.9 Å². The first-order valence-electron chi connectivity index (χ1n) is 9.87. The highest BCUT2D eigenvalue weighted by molar-refractivity contribution is 14.0. The molecule has 2 rings (SSSR count). The molecule has 6 nitrogen and oxygen atoms in total. The highest BCUT2D eigenvalue weighted by Crippen LogP contribution is 2.40. The first kappa shape index (κ1) is 23.9. The van der Waals surface area contributed by atoms with Gasteiger partial charge >= 0.3 is 0 Å². The van der Waals surface area contributed by atoms with Crippen LogP contribution in [-0.2, 0) is 9.47 Å². The minimum Gasteiger partial charge on any atom is -0.396 e. The van der Waals surface area contributed by atoms with E-state index in [-0.39, 0.29) is 36.0 Å². The smallest absolute Gasteiger partial charge is 0.191 e. The lowest BCUT2D eigenvalue weighted by Crippen LogP contribution is -2.44. The Bertz CT molecular complexity index is 409. The lowest BCUT2D eigenvalue weighted by molar-refractivity contribution is -0.0106. The van der Waals surface area contributed by atoms with Gasteiger partial charge in [-0.3, -0.25) is 4.99 Å². The van der Waals surface area contributed by atoms with E-state index in [2.05, 4.69) is 17.6 Å². The molecule has 1 heterocycles. The van der Waals surface area contributed by atoms with Gasteiger partial charge in [0.05, 0.1) is 13.2 Å². The zero-order chi connectivity index (χ0) is 18.0. The summed E-state index contributed by atoms with van der Waals surface area (Å²) in [5, 5.41) is 16.8. The van der Waals surface area contributed by atoms with E-state index in [0.29, 0.717) is 12.0 Å². The van der Waals surface area contributed by atoms with Crippen LogP contribution in [0.5, 0.6) is 0 Å². The van der Waals surface area contributed by atoms with Crippen molar-refractivity contribution in [2.24, 2.45) is 15.8 Å². The lowest BCUT2D eigenvalue weighted by Gasteiger charge is -2.34. The van der Waals surface area contributed by atoms with E-state index in [1.165, 1.54) is 25.7 Å². The molecule has 1 aliphatic heterocycles. The first-order chi connectivity index (χ1) is 12.2. The van der Waals surface area contributed by atoms with Gasteiger partial charge in [-0.05, 0) is 44.4 Å². The van der Waals surface area contributed by atoms with Gasteiger partial charge in [-0.25, -0.2) is 0 Å². The summed E-state index contributed by atoms with van der Waals surface area (Å²) in [7, 11) is 1.78. The minimum atomic E-state index is -0.123. The van der Waals surface area contributed by atoms with Crippen molar-refractivity contribution in [1.29, 1.82) is 0 Å². The molecule has 0 radical (unpaired) electrons. The second kappa shape index (κ2) is 12.4. The minimum absolute atomic E-state index is 0. The highest BCUT2D eigenvalue weighted by Gasteiger charge is 2.34. The molecule has 0 amide bonds.